The van der Waals surface area contributed by atoms with E-state index in [9.17, 15) is 0 Å². The number of aromatic nitrogens is 4. The van der Waals surface area contributed by atoms with E-state index >= 15 is 0 Å². The largest absolute Gasteiger partial charge is 0.353 e. The topological polar surface area (TPSA) is 60.9 Å². The summed E-state index contributed by atoms with van der Waals surface area (Å²) in [6, 6.07) is 0.643. The van der Waals surface area contributed by atoms with Crippen LogP contribution in [0, 0.1) is 0 Å². The maximum Gasteiger partial charge on any atom is 0.226 e. The molecule has 6 nitrogen and oxygen atoms in total. The van der Waals surface area contributed by atoms with Crippen molar-refractivity contribution >= 4 is 28.6 Å². The molecule has 0 spiro atoms. The zero-order valence-corrected chi connectivity index (χ0v) is 12.0. The van der Waals surface area contributed by atoms with Gasteiger partial charge in [-0.25, -0.2) is 4.98 Å². The lowest BCUT2D eigenvalue weighted by atomic mass is 10.2. The molecule has 7 heteroatoms. The molecule has 0 amide bonds. The lowest BCUT2D eigenvalue weighted by Crippen LogP contribution is -2.37. The third kappa shape index (κ3) is 2.03. The quantitative estimate of drug-likeness (QED) is 0.810. The first-order valence-electron chi connectivity index (χ1n) is 7.17. The molecule has 106 valence electrons. The van der Waals surface area contributed by atoms with Crippen molar-refractivity contribution in [2.24, 2.45) is 0 Å². The van der Waals surface area contributed by atoms with Crippen molar-refractivity contribution in [1.82, 2.24) is 24.8 Å². The van der Waals surface area contributed by atoms with E-state index in [1.807, 2.05) is 0 Å². The van der Waals surface area contributed by atoms with E-state index in [1.54, 1.807) is 6.33 Å². The van der Waals surface area contributed by atoms with Crippen LogP contribution in [-0.4, -0.2) is 57.1 Å². The van der Waals surface area contributed by atoms with Crippen LogP contribution in [0.2, 0.25) is 5.28 Å². The second kappa shape index (κ2) is 4.86. The number of anilines is 1. The smallest absolute Gasteiger partial charge is 0.226 e. The lowest BCUT2D eigenvalue weighted by molar-refractivity contribution is 0.273. The molecule has 0 bridgehead atoms. The van der Waals surface area contributed by atoms with Crippen molar-refractivity contribution < 1.29 is 0 Å². The molecule has 2 fully saturated rings. The third-order valence-corrected chi connectivity index (χ3v) is 4.51. The van der Waals surface area contributed by atoms with Gasteiger partial charge >= 0.3 is 0 Å². The molecule has 2 saturated heterocycles. The maximum atomic E-state index is 6.04. The highest BCUT2D eigenvalue weighted by molar-refractivity contribution is 6.28. The molecule has 20 heavy (non-hydrogen) atoms. The van der Waals surface area contributed by atoms with Gasteiger partial charge in [-0.2, -0.15) is 9.97 Å². The fraction of sp³-hybridized carbons (Fsp3) is 0.615. The minimum absolute atomic E-state index is 0.270. The van der Waals surface area contributed by atoms with Crippen LogP contribution < -0.4 is 4.90 Å². The fourth-order valence-corrected chi connectivity index (χ4v) is 3.58. The highest BCUT2D eigenvalue weighted by Crippen LogP contribution is 2.27. The summed E-state index contributed by atoms with van der Waals surface area (Å²) < 4.78 is 0. The molecule has 0 saturated carbocycles. The van der Waals surface area contributed by atoms with Crippen LogP contribution in [0.25, 0.3) is 11.2 Å². The molecular weight excluding hydrogens is 276 g/mol. The van der Waals surface area contributed by atoms with Crippen molar-refractivity contribution in [2.75, 3.05) is 31.1 Å². The summed E-state index contributed by atoms with van der Waals surface area (Å²) in [5.74, 6) is 0.895. The molecule has 4 rings (SSSR count). The Hall–Kier alpha value is -1.40. The normalized spacial score (nSPS) is 24.1. The van der Waals surface area contributed by atoms with Crippen molar-refractivity contribution in [3.05, 3.63) is 11.6 Å². The zero-order chi connectivity index (χ0) is 13.5. The van der Waals surface area contributed by atoms with E-state index in [4.69, 9.17) is 11.6 Å². The minimum atomic E-state index is 0.270. The highest BCUT2D eigenvalue weighted by Gasteiger charge is 2.30. The zero-order valence-electron chi connectivity index (χ0n) is 11.2. The van der Waals surface area contributed by atoms with E-state index < -0.39 is 0 Å². The first-order valence-corrected chi connectivity index (χ1v) is 7.55. The van der Waals surface area contributed by atoms with Gasteiger partial charge in [-0.05, 0) is 37.4 Å². The van der Waals surface area contributed by atoms with Gasteiger partial charge in [-0.15, -0.1) is 0 Å². The van der Waals surface area contributed by atoms with Gasteiger partial charge in [0.1, 0.15) is 5.52 Å². The van der Waals surface area contributed by atoms with Crippen LogP contribution in [0.15, 0.2) is 6.33 Å². The molecular formula is C13H17ClN6. The number of halogens is 1. The van der Waals surface area contributed by atoms with Gasteiger partial charge in [0.05, 0.1) is 6.33 Å². The maximum absolute atomic E-state index is 6.04. The second-order valence-corrected chi connectivity index (χ2v) is 5.89. The van der Waals surface area contributed by atoms with Gasteiger partial charge in [-0.3, -0.25) is 4.90 Å². The van der Waals surface area contributed by atoms with Crippen molar-refractivity contribution in [2.45, 2.75) is 25.3 Å². The summed E-state index contributed by atoms with van der Waals surface area (Å²) in [6.45, 7) is 4.45. The Morgan fingerprint density at radius 2 is 2.10 bits per heavy atom. The van der Waals surface area contributed by atoms with E-state index in [-0.39, 0.29) is 5.28 Å². The molecule has 1 atom stereocenters. The molecule has 4 heterocycles. The van der Waals surface area contributed by atoms with Crippen LogP contribution in [0.1, 0.15) is 19.3 Å². The molecule has 1 N–H and O–H groups in total. The van der Waals surface area contributed by atoms with Crippen molar-refractivity contribution in [3.63, 3.8) is 0 Å². The van der Waals surface area contributed by atoms with Gasteiger partial charge in [0.15, 0.2) is 11.5 Å². The average molecular weight is 293 g/mol. The number of fused-ring (bicyclic) bond motifs is 2. The van der Waals surface area contributed by atoms with Gasteiger partial charge in [0.2, 0.25) is 5.28 Å². The average Bonchev–Trinajstić information content (AvgIpc) is 3.02. The predicted octanol–water partition coefficient (Wildman–Crippen LogP) is 1.68. The Kier molecular flexibility index (Phi) is 3.00. The third-order valence-electron chi connectivity index (χ3n) is 4.34. The predicted molar refractivity (Wildman–Crippen MR) is 78.1 cm³/mol. The van der Waals surface area contributed by atoms with Gasteiger partial charge in [0, 0.05) is 25.7 Å². The summed E-state index contributed by atoms with van der Waals surface area (Å²) in [5, 5.41) is 0.270. The summed E-state index contributed by atoms with van der Waals surface area (Å²) >= 11 is 6.04. The number of nitrogens with zero attached hydrogens (tertiary/aromatic N) is 5. The molecule has 0 radical (unpaired) electrons. The van der Waals surface area contributed by atoms with Crippen LogP contribution in [0.4, 0.5) is 5.82 Å². The van der Waals surface area contributed by atoms with E-state index in [1.165, 1.54) is 25.9 Å². The molecule has 0 aromatic carbocycles. The summed E-state index contributed by atoms with van der Waals surface area (Å²) in [5.41, 5.74) is 1.54. The number of imidazole rings is 1. The number of nitrogens with one attached hydrogen (secondary N) is 1. The van der Waals surface area contributed by atoms with E-state index in [2.05, 4.69) is 29.7 Å². The van der Waals surface area contributed by atoms with Crippen molar-refractivity contribution in [1.29, 1.82) is 0 Å². The Morgan fingerprint density at radius 1 is 1.20 bits per heavy atom. The standard InChI is InChI=1S/C13H17ClN6/c14-13-17-11-10(15-8-16-11)12(18-13)20-6-2-5-19-4-1-3-9(19)7-20/h8-9H,1-7H2,(H,15,16,17,18). The van der Waals surface area contributed by atoms with Gasteiger partial charge in [0.25, 0.3) is 0 Å². The summed E-state index contributed by atoms with van der Waals surface area (Å²) in [7, 11) is 0. The van der Waals surface area contributed by atoms with Crippen LogP contribution in [0.3, 0.4) is 0 Å². The Morgan fingerprint density at radius 3 is 3.05 bits per heavy atom. The van der Waals surface area contributed by atoms with Gasteiger partial charge in [-0.1, -0.05) is 0 Å². The highest BCUT2D eigenvalue weighted by atomic mass is 35.5. The van der Waals surface area contributed by atoms with E-state index in [0.29, 0.717) is 11.7 Å². The first kappa shape index (κ1) is 12.3. The molecule has 2 aromatic rings. The van der Waals surface area contributed by atoms with E-state index in [0.717, 1.165) is 30.8 Å². The van der Waals surface area contributed by atoms with Gasteiger partial charge < -0.3 is 9.88 Å². The lowest BCUT2D eigenvalue weighted by Gasteiger charge is -2.26. The minimum Gasteiger partial charge on any atom is -0.353 e. The number of hydrogen-bond donors (Lipinski definition) is 1. The fourth-order valence-electron chi connectivity index (χ4n) is 3.42. The molecule has 2 aliphatic heterocycles. The number of aromatic amines is 1. The Balaban J connectivity index is 1.72. The SMILES string of the molecule is Clc1nc(N2CCCN3CCCC3C2)c2[nH]cnc2n1. The monoisotopic (exact) mass is 292 g/mol. The summed E-state index contributed by atoms with van der Waals surface area (Å²) in [4.78, 5) is 20.9. The molecule has 0 aliphatic carbocycles. The van der Waals surface area contributed by atoms with Crippen LogP contribution in [0.5, 0.6) is 0 Å². The molecule has 2 aromatic heterocycles. The molecule has 1 unspecified atom stereocenters. The second-order valence-electron chi connectivity index (χ2n) is 5.55. The van der Waals surface area contributed by atoms with Crippen LogP contribution >= 0.6 is 11.6 Å². The number of H-pyrrole nitrogens is 1. The number of rotatable bonds is 1. The van der Waals surface area contributed by atoms with Crippen LogP contribution in [-0.2, 0) is 0 Å². The first-order chi connectivity index (χ1) is 9.81. The molecule has 2 aliphatic rings. The summed E-state index contributed by atoms with van der Waals surface area (Å²) in [6.07, 6.45) is 5.40. The Bertz CT molecular complexity index is 626. The van der Waals surface area contributed by atoms with Crippen molar-refractivity contribution in [3.8, 4) is 0 Å². The number of hydrogen-bond acceptors (Lipinski definition) is 5. The Labute approximate surface area is 122 Å².